The summed E-state index contributed by atoms with van der Waals surface area (Å²) in [4.78, 5) is 0. The first-order chi connectivity index (χ1) is 9.72. The van der Waals surface area contributed by atoms with Crippen molar-refractivity contribution < 1.29 is 0 Å². The summed E-state index contributed by atoms with van der Waals surface area (Å²) < 4.78 is 0. The van der Waals surface area contributed by atoms with Crippen LogP contribution in [0.1, 0.15) is 22.3 Å². The number of hydrogen-bond acceptors (Lipinski definition) is 1. The molecule has 2 aromatic rings. The van der Waals surface area contributed by atoms with E-state index in [2.05, 4.69) is 42.5 Å². The van der Waals surface area contributed by atoms with Crippen LogP contribution in [0.3, 0.4) is 0 Å². The molecule has 3 rings (SSSR count). The first-order valence-electron chi connectivity index (χ1n) is 6.63. The molecule has 0 aliphatic heterocycles. The first-order valence-corrected chi connectivity index (χ1v) is 6.63. The zero-order valence-electron chi connectivity index (χ0n) is 11.1. The van der Waals surface area contributed by atoms with Crippen molar-refractivity contribution in [3.8, 4) is 0 Å². The van der Waals surface area contributed by atoms with E-state index in [-0.39, 0.29) is 5.84 Å². The van der Waals surface area contributed by atoms with Crippen molar-refractivity contribution in [3.05, 3.63) is 82.4 Å². The second kappa shape index (κ2) is 5.17. The molecule has 1 aliphatic rings. The van der Waals surface area contributed by atoms with Gasteiger partial charge in [-0.05, 0) is 34.8 Å². The van der Waals surface area contributed by atoms with Crippen molar-refractivity contribution >= 4 is 18.0 Å². The predicted octanol–water partition coefficient (Wildman–Crippen LogP) is 3.62. The Kier molecular flexibility index (Phi) is 3.21. The van der Waals surface area contributed by atoms with Crippen molar-refractivity contribution in [1.82, 2.24) is 0 Å². The van der Waals surface area contributed by atoms with E-state index in [0.29, 0.717) is 0 Å². The number of amidine groups is 1. The number of allylic oxidation sites excluding steroid dienone is 2. The average molecular weight is 260 g/mol. The topological polar surface area (TPSA) is 49.9 Å². The van der Waals surface area contributed by atoms with Crippen LogP contribution >= 0.6 is 0 Å². The molecule has 1 aliphatic carbocycles. The van der Waals surface area contributed by atoms with Crippen LogP contribution in [0.15, 0.2) is 60.2 Å². The number of nitrogens with two attached hydrogens (primary N) is 1. The van der Waals surface area contributed by atoms with E-state index in [9.17, 15) is 0 Å². The van der Waals surface area contributed by atoms with Crippen molar-refractivity contribution in [2.24, 2.45) is 5.73 Å². The Hall–Kier alpha value is -2.61. The molecule has 98 valence electrons. The second-order valence-corrected chi connectivity index (χ2v) is 4.97. The highest BCUT2D eigenvalue weighted by Crippen LogP contribution is 2.25. The molecule has 0 spiro atoms. The molecule has 0 heterocycles. The highest BCUT2D eigenvalue weighted by atomic mass is 14.7. The van der Waals surface area contributed by atoms with Crippen LogP contribution in [-0.2, 0) is 6.42 Å². The average Bonchev–Trinajstić information content (AvgIpc) is 2.88. The van der Waals surface area contributed by atoms with Crippen LogP contribution in [0.4, 0.5) is 0 Å². The Morgan fingerprint density at radius 1 is 1.05 bits per heavy atom. The normalized spacial score (nSPS) is 13.3. The molecule has 20 heavy (non-hydrogen) atoms. The minimum atomic E-state index is 0.104. The van der Waals surface area contributed by atoms with E-state index >= 15 is 0 Å². The van der Waals surface area contributed by atoms with Gasteiger partial charge >= 0.3 is 0 Å². The lowest BCUT2D eigenvalue weighted by molar-refractivity contribution is 1.25. The lowest BCUT2D eigenvalue weighted by atomic mass is 10.1. The van der Waals surface area contributed by atoms with Gasteiger partial charge in [-0.1, -0.05) is 60.7 Å². The van der Waals surface area contributed by atoms with E-state index in [1.807, 2.05) is 24.3 Å². The highest BCUT2D eigenvalue weighted by molar-refractivity contribution is 5.95. The van der Waals surface area contributed by atoms with E-state index in [1.165, 1.54) is 16.7 Å². The molecule has 0 radical (unpaired) electrons. The number of hydrogen-bond donors (Lipinski definition) is 2. The summed E-state index contributed by atoms with van der Waals surface area (Å²) in [5.41, 5.74) is 11.3. The van der Waals surface area contributed by atoms with Crippen LogP contribution < -0.4 is 5.73 Å². The zero-order chi connectivity index (χ0) is 13.9. The van der Waals surface area contributed by atoms with Gasteiger partial charge in [-0.3, -0.25) is 5.41 Å². The summed E-state index contributed by atoms with van der Waals surface area (Å²) in [5.74, 6) is 0.104. The largest absolute Gasteiger partial charge is 0.384 e. The molecule has 0 bridgehead atoms. The number of benzene rings is 2. The van der Waals surface area contributed by atoms with Gasteiger partial charge in [0.1, 0.15) is 5.84 Å². The fraction of sp³-hybridized carbons (Fsp3) is 0.0556. The van der Waals surface area contributed by atoms with Crippen LogP contribution in [0.2, 0.25) is 0 Å². The van der Waals surface area contributed by atoms with Crippen molar-refractivity contribution in [1.29, 1.82) is 5.41 Å². The second-order valence-electron chi connectivity index (χ2n) is 4.97. The lowest BCUT2D eigenvalue weighted by Gasteiger charge is -2.00. The SMILES string of the molecule is N=C(N)c1cccc(/C=C/C2=Cc3ccccc3C2)c1. The molecule has 0 amide bonds. The Labute approximate surface area is 118 Å². The number of rotatable bonds is 3. The van der Waals surface area contributed by atoms with Gasteiger partial charge in [0.15, 0.2) is 0 Å². The van der Waals surface area contributed by atoms with Gasteiger partial charge in [-0.2, -0.15) is 0 Å². The molecule has 0 fully saturated rings. The van der Waals surface area contributed by atoms with E-state index < -0.39 is 0 Å². The van der Waals surface area contributed by atoms with Crippen LogP contribution in [0.5, 0.6) is 0 Å². The Morgan fingerprint density at radius 2 is 1.90 bits per heavy atom. The molecule has 0 saturated heterocycles. The van der Waals surface area contributed by atoms with E-state index in [4.69, 9.17) is 11.1 Å². The van der Waals surface area contributed by atoms with Crippen molar-refractivity contribution in [2.45, 2.75) is 6.42 Å². The molecule has 0 saturated carbocycles. The Balaban J connectivity index is 1.80. The molecular weight excluding hydrogens is 244 g/mol. The molecule has 3 N–H and O–H groups in total. The maximum absolute atomic E-state index is 7.46. The van der Waals surface area contributed by atoms with Gasteiger partial charge in [-0.25, -0.2) is 0 Å². The zero-order valence-corrected chi connectivity index (χ0v) is 11.1. The fourth-order valence-corrected chi connectivity index (χ4v) is 2.43. The summed E-state index contributed by atoms with van der Waals surface area (Å²) >= 11 is 0. The molecule has 2 heteroatoms. The minimum Gasteiger partial charge on any atom is -0.384 e. The maximum Gasteiger partial charge on any atom is 0.122 e. The van der Waals surface area contributed by atoms with Crippen molar-refractivity contribution in [3.63, 3.8) is 0 Å². The van der Waals surface area contributed by atoms with Crippen LogP contribution in [-0.4, -0.2) is 5.84 Å². The molecule has 0 atom stereocenters. The maximum atomic E-state index is 7.46. The third-order valence-electron chi connectivity index (χ3n) is 3.48. The van der Waals surface area contributed by atoms with Crippen molar-refractivity contribution in [2.75, 3.05) is 0 Å². The van der Waals surface area contributed by atoms with Crippen LogP contribution in [0, 0.1) is 5.41 Å². The number of nitrogen functional groups attached to an aromatic ring is 1. The van der Waals surface area contributed by atoms with Gasteiger partial charge in [-0.15, -0.1) is 0 Å². The molecule has 2 aromatic carbocycles. The van der Waals surface area contributed by atoms with Crippen LogP contribution in [0.25, 0.3) is 12.2 Å². The Morgan fingerprint density at radius 3 is 2.70 bits per heavy atom. The third kappa shape index (κ3) is 2.54. The fourth-order valence-electron chi connectivity index (χ4n) is 2.43. The highest BCUT2D eigenvalue weighted by Gasteiger charge is 2.08. The molecular formula is C18H16N2. The summed E-state index contributed by atoms with van der Waals surface area (Å²) in [6, 6.07) is 16.2. The van der Waals surface area contributed by atoms with Gasteiger partial charge in [0.2, 0.25) is 0 Å². The predicted molar refractivity (Wildman–Crippen MR) is 84.6 cm³/mol. The quantitative estimate of drug-likeness (QED) is 0.642. The summed E-state index contributed by atoms with van der Waals surface area (Å²) in [7, 11) is 0. The molecule has 0 aromatic heterocycles. The lowest BCUT2D eigenvalue weighted by Crippen LogP contribution is -2.10. The third-order valence-corrected chi connectivity index (χ3v) is 3.48. The Bertz CT molecular complexity index is 724. The monoisotopic (exact) mass is 260 g/mol. The standard InChI is InChI=1S/C18H16N2/c19-18(20)17-7-3-4-13(10-17)8-9-14-11-15-5-1-2-6-16(15)12-14/h1-11H,12H2,(H3,19,20)/b9-8+. The molecule has 2 nitrogen and oxygen atoms in total. The first kappa shape index (κ1) is 12.4. The van der Waals surface area contributed by atoms with E-state index in [1.54, 1.807) is 0 Å². The van der Waals surface area contributed by atoms with Gasteiger partial charge in [0.05, 0.1) is 0 Å². The van der Waals surface area contributed by atoms with E-state index in [0.717, 1.165) is 17.5 Å². The number of fused-ring (bicyclic) bond motifs is 1. The van der Waals surface area contributed by atoms with Gasteiger partial charge < -0.3 is 5.73 Å². The smallest absolute Gasteiger partial charge is 0.122 e. The minimum absolute atomic E-state index is 0.104. The summed E-state index contributed by atoms with van der Waals surface area (Å²) in [5, 5.41) is 7.46. The molecule has 0 unspecified atom stereocenters. The summed E-state index contributed by atoms with van der Waals surface area (Å²) in [6.45, 7) is 0. The van der Waals surface area contributed by atoms with Gasteiger partial charge in [0.25, 0.3) is 0 Å². The summed E-state index contributed by atoms with van der Waals surface area (Å²) in [6.07, 6.45) is 7.42. The van der Waals surface area contributed by atoms with Gasteiger partial charge in [0, 0.05) is 5.56 Å². The number of nitrogens with one attached hydrogen (secondary N) is 1.